The van der Waals surface area contributed by atoms with Crippen LogP contribution in [0.2, 0.25) is 0 Å². The van der Waals surface area contributed by atoms with Crippen molar-refractivity contribution >= 4 is 29.4 Å². The highest BCUT2D eigenvalue weighted by molar-refractivity contribution is 5.86. The van der Waals surface area contributed by atoms with Gasteiger partial charge >= 0.3 is 0 Å². The Hall–Kier alpha value is -2.91. The molecule has 0 spiro atoms. The molecule has 1 aromatic heterocycles. The summed E-state index contributed by atoms with van der Waals surface area (Å²) in [6.45, 7) is 6.37. The van der Waals surface area contributed by atoms with Crippen molar-refractivity contribution in [2.24, 2.45) is 0 Å². The number of hydrogen-bond acceptors (Lipinski definition) is 9. The van der Waals surface area contributed by atoms with Gasteiger partial charge in [-0.15, -0.1) is 0 Å². The quantitative estimate of drug-likeness (QED) is 0.388. The second-order valence-electron chi connectivity index (χ2n) is 8.18. The van der Waals surface area contributed by atoms with E-state index in [4.69, 9.17) is 21.2 Å². The summed E-state index contributed by atoms with van der Waals surface area (Å²) in [5.74, 6) is 1.75. The molecule has 0 radical (unpaired) electrons. The number of benzene rings is 1. The number of piperazine rings is 1. The van der Waals surface area contributed by atoms with Crippen molar-refractivity contribution in [2.45, 2.75) is 18.9 Å². The maximum atomic E-state index is 9.13. The third kappa shape index (κ3) is 5.23. The second kappa shape index (κ2) is 9.93. The summed E-state index contributed by atoms with van der Waals surface area (Å²) in [6, 6.07) is 8.04. The lowest BCUT2D eigenvalue weighted by molar-refractivity contribution is 0.188. The van der Waals surface area contributed by atoms with Crippen molar-refractivity contribution < 1.29 is 5.11 Å². The first kappa shape index (κ1) is 21.3. The Bertz CT molecular complexity index is 884. The summed E-state index contributed by atoms with van der Waals surface area (Å²) in [7, 11) is 0. The molecule has 2 aliphatic rings. The predicted octanol–water partition coefficient (Wildman–Crippen LogP) is 1.25. The molecule has 2 aromatic rings. The van der Waals surface area contributed by atoms with Crippen LogP contribution in [-0.2, 0) is 0 Å². The molecule has 2 aliphatic heterocycles. The lowest BCUT2D eigenvalue weighted by Crippen LogP contribution is -2.48. The highest BCUT2D eigenvalue weighted by atomic mass is 16.3. The maximum Gasteiger partial charge on any atom is 0.227 e. The molecule has 1 atom stereocenters. The van der Waals surface area contributed by atoms with Crippen LogP contribution in [0.3, 0.4) is 0 Å². The first-order chi connectivity index (χ1) is 15.2. The molecule has 0 amide bonds. The van der Waals surface area contributed by atoms with Crippen LogP contribution in [0.5, 0.6) is 0 Å². The van der Waals surface area contributed by atoms with E-state index in [0.29, 0.717) is 11.7 Å². The Labute approximate surface area is 183 Å². The zero-order chi connectivity index (χ0) is 21.6. The van der Waals surface area contributed by atoms with Crippen molar-refractivity contribution in [1.82, 2.24) is 14.9 Å². The third-order valence-corrected chi connectivity index (χ3v) is 6.06. The van der Waals surface area contributed by atoms with Crippen LogP contribution in [0.15, 0.2) is 30.5 Å². The van der Waals surface area contributed by atoms with Crippen molar-refractivity contribution in [1.29, 1.82) is 5.41 Å². The van der Waals surface area contributed by atoms with Crippen LogP contribution in [-0.4, -0.2) is 84.7 Å². The Morgan fingerprint density at radius 3 is 2.77 bits per heavy atom. The first-order valence-electron chi connectivity index (χ1n) is 11.0. The minimum atomic E-state index is 0.204. The Morgan fingerprint density at radius 1 is 1.16 bits per heavy atom. The number of aliphatic hydroxyl groups excluding tert-OH is 1. The van der Waals surface area contributed by atoms with Crippen LogP contribution >= 0.6 is 0 Å². The number of anilines is 4. The molecule has 9 heteroatoms. The van der Waals surface area contributed by atoms with Gasteiger partial charge in [0.2, 0.25) is 5.95 Å². The average Bonchev–Trinajstić information content (AvgIpc) is 2.81. The van der Waals surface area contributed by atoms with Crippen LogP contribution in [0.25, 0.3) is 0 Å². The lowest BCUT2D eigenvalue weighted by atomic mass is 10.0. The smallest absolute Gasteiger partial charge is 0.227 e. The molecule has 1 unspecified atom stereocenters. The molecular weight excluding hydrogens is 392 g/mol. The van der Waals surface area contributed by atoms with E-state index in [9.17, 15) is 0 Å². The zero-order valence-corrected chi connectivity index (χ0v) is 17.9. The Morgan fingerprint density at radius 2 is 2.00 bits per heavy atom. The molecule has 166 valence electrons. The number of piperidine rings is 1. The Balaban J connectivity index is 1.39. The number of nitrogens with one attached hydrogen (secondary N) is 2. The van der Waals surface area contributed by atoms with Crippen molar-refractivity contribution in [3.63, 3.8) is 0 Å². The number of β-amino-alcohol motifs (C(OH)–C–C–N with tert-alkyl or cyclic N) is 1. The van der Waals surface area contributed by atoms with E-state index >= 15 is 0 Å². The van der Waals surface area contributed by atoms with Gasteiger partial charge in [0, 0.05) is 81.2 Å². The van der Waals surface area contributed by atoms with Gasteiger partial charge in [-0.1, -0.05) is 0 Å². The van der Waals surface area contributed by atoms with Crippen LogP contribution in [0.1, 0.15) is 18.4 Å². The minimum Gasteiger partial charge on any atom is -0.398 e. The fourth-order valence-corrected chi connectivity index (χ4v) is 4.31. The van der Waals surface area contributed by atoms with Crippen LogP contribution in [0.4, 0.5) is 23.1 Å². The van der Waals surface area contributed by atoms with E-state index in [2.05, 4.69) is 25.0 Å². The first-order valence-corrected chi connectivity index (χ1v) is 11.0. The fraction of sp³-hybridized carbons (Fsp3) is 0.500. The maximum absolute atomic E-state index is 9.13. The number of nitrogens with two attached hydrogens (primary N) is 1. The van der Waals surface area contributed by atoms with Gasteiger partial charge in [-0.2, -0.15) is 4.98 Å². The number of hydrogen-bond donors (Lipinski definition) is 4. The topological polar surface area (TPSA) is 118 Å². The van der Waals surface area contributed by atoms with Gasteiger partial charge in [-0.3, -0.25) is 4.90 Å². The summed E-state index contributed by atoms with van der Waals surface area (Å²) >= 11 is 0. The minimum absolute atomic E-state index is 0.204. The molecule has 4 rings (SSSR count). The summed E-state index contributed by atoms with van der Waals surface area (Å²) in [5.41, 5.74) is 8.26. The van der Waals surface area contributed by atoms with Crippen molar-refractivity contribution in [3.05, 3.63) is 36.0 Å². The lowest BCUT2D eigenvalue weighted by Gasteiger charge is -2.36. The molecule has 2 fully saturated rings. The largest absolute Gasteiger partial charge is 0.398 e. The number of aliphatic hydroxyl groups is 1. The van der Waals surface area contributed by atoms with Gasteiger partial charge in [-0.25, -0.2) is 4.98 Å². The van der Waals surface area contributed by atoms with Gasteiger partial charge in [0.05, 0.1) is 6.61 Å². The zero-order valence-electron chi connectivity index (χ0n) is 17.9. The summed E-state index contributed by atoms with van der Waals surface area (Å²) < 4.78 is 0. The third-order valence-electron chi connectivity index (χ3n) is 6.06. The van der Waals surface area contributed by atoms with Crippen LogP contribution in [0, 0.1) is 5.41 Å². The summed E-state index contributed by atoms with van der Waals surface area (Å²) in [5, 5.41) is 20.2. The Kier molecular flexibility index (Phi) is 6.83. The van der Waals surface area contributed by atoms with Crippen molar-refractivity contribution in [3.8, 4) is 0 Å². The molecular formula is C22H32N8O. The monoisotopic (exact) mass is 424 g/mol. The molecule has 0 saturated carbocycles. The van der Waals surface area contributed by atoms with Gasteiger partial charge in [0.25, 0.3) is 0 Å². The fourth-order valence-electron chi connectivity index (χ4n) is 4.31. The highest BCUT2D eigenvalue weighted by Gasteiger charge is 2.23. The molecule has 1 aromatic carbocycles. The van der Waals surface area contributed by atoms with E-state index in [0.717, 1.165) is 81.7 Å². The van der Waals surface area contributed by atoms with E-state index in [1.807, 2.05) is 30.5 Å². The van der Waals surface area contributed by atoms with Gasteiger partial charge in [-0.05, 0) is 37.1 Å². The van der Waals surface area contributed by atoms with Gasteiger partial charge < -0.3 is 31.4 Å². The van der Waals surface area contributed by atoms with E-state index in [-0.39, 0.29) is 6.61 Å². The number of nitrogens with zero attached hydrogens (tertiary/aromatic N) is 5. The van der Waals surface area contributed by atoms with Crippen molar-refractivity contribution in [2.75, 3.05) is 73.3 Å². The van der Waals surface area contributed by atoms with Gasteiger partial charge in [0.1, 0.15) is 5.82 Å². The van der Waals surface area contributed by atoms with E-state index < -0.39 is 0 Å². The summed E-state index contributed by atoms with van der Waals surface area (Å²) in [4.78, 5) is 16.2. The molecule has 9 nitrogen and oxygen atoms in total. The normalized spacial score (nSPS) is 20.0. The second-order valence-corrected chi connectivity index (χ2v) is 8.18. The summed E-state index contributed by atoms with van der Waals surface area (Å²) in [6.07, 6.45) is 5.32. The molecule has 5 N–H and O–H groups in total. The van der Waals surface area contributed by atoms with Crippen LogP contribution < -0.4 is 20.9 Å². The van der Waals surface area contributed by atoms with E-state index in [1.54, 1.807) is 0 Å². The predicted molar refractivity (Wildman–Crippen MR) is 125 cm³/mol. The number of nitrogen functional groups attached to an aromatic ring is 1. The highest BCUT2D eigenvalue weighted by Crippen LogP contribution is 2.23. The number of rotatable bonds is 7. The SMILES string of the molecule is N=Cc1cc(NC2CCCN(c3ccnc(N4CCN(CCO)CC4)n3)C2)ccc1N. The van der Waals surface area contributed by atoms with Gasteiger partial charge in [0.15, 0.2) is 0 Å². The standard InChI is InChI=1S/C22H32N8O/c23-15-17-14-18(3-4-20(17)24)26-19-2-1-7-30(16-19)21-5-6-25-22(27-21)29-10-8-28(9-11-29)12-13-31/h3-6,14-15,19,23,26,31H,1-2,7-13,16,24H2. The number of aromatic nitrogens is 2. The van der Waals surface area contributed by atoms with E-state index in [1.165, 1.54) is 6.21 Å². The molecule has 31 heavy (non-hydrogen) atoms. The molecule has 2 saturated heterocycles. The molecule has 0 aliphatic carbocycles. The molecule has 0 bridgehead atoms. The average molecular weight is 425 g/mol. The molecule has 3 heterocycles.